The van der Waals surface area contributed by atoms with E-state index in [0.29, 0.717) is 41.5 Å². The normalized spacial score (nSPS) is 13.8. The number of pyridine rings is 2. The zero-order chi connectivity index (χ0) is 20.5. The molecule has 1 aliphatic heterocycles. The Hall–Kier alpha value is -3.85. The molecule has 1 fully saturated rings. The molecular weight excluding hydrogens is 382 g/mol. The van der Waals surface area contributed by atoms with Crippen molar-refractivity contribution < 1.29 is 9.53 Å². The number of aryl methyl sites for hydroxylation is 1. The minimum absolute atomic E-state index is 0.149. The fourth-order valence-corrected chi connectivity index (χ4v) is 3.27. The fourth-order valence-electron chi connectivity index (χ4n) is 3.27. The SMILES string of the molecule is Cc1cc(-c2cccnc2C(=O)Nc2cn(C3COC3)nc2-c2ccccn2)n[nH]1. The van der Waals surface area contributed by atoms with Gasteiger partial charge in [-0.05, 0) is 37.3 Å². The molecule has 9 heteroatoms. The fraction of sp³-hybridized carbons (Fsp3) is 0.190. The molecule has 4 aromatic rings. The minimum Gasteiger partial charge on any atom is -0.377 e. The molecule has 0 unspecified atom stereocenters. The first-order chi connectivity index (χ1) is 14.7. The highest BCUT2D eigenvalue weighted by Gasteiger charge is 2.25. The van der Waals surface area contributed by atoms with E-state index in [1.807, 2.05) is 48.1 Å². The number of H-pyrrole nitrogens is 1. The summed E-state index contributed by atoms with van der Waals surface area (Å²) in [5, 5.41) is 14.8. The van der Waals surface area contributed by atoms with Gasteiger partial charge in [-0.2, -0.15) is 10.2 Å². The topological polar surface area (TPSA) is 111 Å². The number of anilines is 1. The van der Waals surface area contributed by atoms with E-state index in [2.05, 4.69) is 30.6 Å². The van der Waals surface area contributed by atoms with Crippen LogP contribution in [-0.2, 0) is 4.74 Å². The lowest BCUT2D eigenvalue weighted by atomic mass is 10.1. The number of nitrogens with one attached hydrogen (secondary N) is 2. The Bertz CT molecular complexity index is 1200. The molecule has 0 aromatic carbocycles. The van der Waals surface area contributed by atoms with Gasteiger partial charge in [0.25, 0.3) is 5.91 Å². The number of carbonyl (C=O) groups excluding carboxylic acids is 1. The molecule has 5 rings (SSSR count). The highest BCUT2D eigenvalue weighted by atomic mass is 16.5. The summed E-state index contributed by atoms with van der Waals surface area (Å²) in [4.78, 5) is 21.9. The van der Waals surface area contributed by atoms with E-state index < -0.39 is 0 Å². The molecule has 5 heterocycles. The number of ether oxygens (including phenoxy) is 1. The Morgan fingerprint density at radius 2 is 2.03 bits per heavy atom. The lowest BCUT2D eigenvalue weighted by molar-refractivity contribution is -0.0285. The summed E-state index contributed by atoms with van der Waals surface area (Å²) in [6.07, 6.45) is 5.10. The Labute approximate surface area is 172 Å². The summed E-state index contributed by atoms with van der Waals surface area (Å²) >= 11 is 0. The van der Waals surface area contributed by atoms with Gasteiger partial charge in [0, 0.05) is 29.8 Å². The van der Waals surface area contributed by atoms with Crippen LogP contribution in [0, 0.1) is 6.92 Å². The third-order valence-electron chi connectivity index (χ3n) is 4.89. The second-order valence-corrected chi connectivity index (χ2v) is 7.07. The van der Waals surface area contributed by atoms with E-state index >= 15 is 0 Å². The monoisotopic (exact) mass is 401 g/mol. The van der Waals surface area contributed by atoms with Crippen molar-refractivity contribution in [3.8, 4) is 22.6 Å². The zero-order valence-electron chi connectivity index (χ0n) is 16.2. The molecule has 1 saturated heterocycles. The highest BCUT2D eigenvalue weighted by molar-refractivity contribution is 6.08. The van der Waals surface area contributed by atoms with Crippen molar-refractivity contribution in [2.45, 2.75) is 13.0 Å². The van der Waals surface area contributed by atoms with Gasteiger partial charge in [-0.25, -0.2) is 0 Å². The van der Waals surface area contributed by atoms with E-state index in [4.69, 9.17) is 4.74 Å². The highest BCUT2D eigenvalue weighted by Crippen LogP contribution is 2.29. The molecule has 2 N–H and O–H groups in total. The number of hydrogen-bond acceptors (Lipinski definition) is 6. The minimum atomic E-state index is -0.340. The van der Waals surface area contributed by atoms with Crippen LogP contribution >= 0.6 is 0 Å². The van der Waals surface area contributed by atoms with E-state index in [1.165, 1.54) is 0 Å². The maximum Gasteiger partial charge on any atom is 0.275 e. The molecule has 0 radical (unpaired) electrons. The van der Waals surface area contributed by atoms with Crippen molar-refractivity contribution in [1.82, 2.24) is 29.9 Å². The number of aromatic nitrogens is 6. The first-order valence-electron chi connectivity index (χ1n) is 9.56. The molecule has 150 valence electrons. The third-order valence-corrected chi connectivity index (χ3v) is 4.89. The molecule has 0 aliphatic carbocycles. The van der Waals surface area contributed by atoms with E-state index in [-0.39, 0.29) is 17.6 Å². The number of hydrogen-bond donors (Lipinski definition) is 2. The van der Waals surface area contributed by atoms with Crippen molar-refractivity contribution in [2.24, 2.45) is 0 Å². The van der Waals surface area contributed by atoms with Crippen LogP contribution in [0.2, 0.25) is 0 Å². The van der Waals surface area contributed by atoms with Crippen LogP contribution in [0.3, 0.4) is 0 Å². The molecule has 0 atom stereocenters. The predicted molar refractivity (Wildman–Crippen MR) is 110 cm³/mol. The molecule has 0 spiro atoms. The van der Waals surface area contributed by atoms with Gasteiger partial charge in [-0.3, -0.25) is 24.5 Å². The molecule has 30 heavy (non-hydrogen) atoms. The van der Waals surface area contributed by atoms with Crippen LogP contribution in [0.25, 0.3) is 22.6 Å². The Kier molecular flexibility index (Phi) is 4.56. The summed E-state index contributed by atoms with van der Waals surface area (Å²) in [5.74, 6) is -0.340. The molecule has 0 bridgehead atoms. The number of amides is 1. The Morgan fingerprint density at radius 3 is 2.73 bits per heavy atom. The summed E-state index contributed by atoms with van der Waals surface area (Å²) in [6, 6.07) is 11.2. The number of rotatable bonds is 5. The predicted octanol–water partition coefficient (Wildman–Crippen LogP) is 2.86. The van der Waals surface area contributed by atoms with Crippen LogP contribution in [0.4, 0.5) is 5.69 Å². The molecule has 4 aromatic heterocycles. The van der Waals surface area contributed by atoms with Gasteiger partial charge in [0.15, 0.2) is 0 Å². The van der Waals surface area contributed by atoms with Crippen molar-refractivity contribution >= 4 is 11.6 Å². The lowest BCUT2D eigenvalue weighted by Crippen LogP contribution is -2.30. The summed E-state index contributed by atoms with van der Waals surface area (Å²) in [5.41, 5.74) is 4.36. The van der Waals surface area contributed by atoms with Gasteiger partial charge in [0.1, 0.15) is 11.4 Å². The summed E-state index contributed by atoms with van der Waals surface area (Å²) in [7, 11) is 0. The van der Waals surface area contributed by atoms with Gasteiger partial charge >= 0.3 is 0 Å². The molecule has 1 aliphatic rings. The van der Waals surface area contributed by atoms with Gasteiger partial charge in [-0.15, -0.1) is 0 Å². The molecular formula is C21H19N7O2. The maximum atomic E-state index is 13.2. The average molecular weight is 401 g/mol. The zero-order valence-corrected chi connectivity index (χ0v) is 16.2. The largest absolute Gasteiger partial charge is 0.377 e. The van der Waals surface area contributed by atoms with Crippen LogP contribution in [0.1, 0.15) is 22.2 Å². The molecule has 0 saturated carbocycles. The first kappa shape index (κ1) is 18.2. The summed E-state index contributed by atoms with van der Waals surface area (Å²) in [6.45, 7) is 3.10. The van der Waals surface area contributed by atoms with E-state index in [0.717, 1.165) is 5.69 Å². The van der Waals surface area contributed by atoms with Crippen molar-refractivity contribution in [3.05, 3.63) is 66.4 Å². The average Bonchev–Trinajstić information content (AvgIpc) is 3.34. The quantitative estimate of drug-likeness (QED) is 0.532. The third kappa shape index (κ3) is 3.35. The van der Waals surface area contributed by atoms with Crippen molar-refractivity contribution in [2.75, 3.05) is 18.5 Å². The number of nitrogens with zero attached hydrogens (tertiary/aromatic N) is 5. The van der Waals surface area contributed by atoms with Crippen LogP contribution in [-0.4, -0.2) is 49.1 Å². The van der Waals surface area contributed by atoms with E-state index in [1.54, 1.807) is 18.5 Å². The van der Waals surface area contributed by atoms with E-state index in [9.17, 15) is 4.79 Å². The molecule has 1 amide bonds. The number of carbonyl (C=O) groups is 1. The van der Waals surface area contributed by atoms with Crippen molar-refractivity contribution in [3.63, 3.8) is 0 Å². The standard InChI is InChI=1S/C21H19N7O2/c1-13-9-17(26-25-13)15-5-4-8-23-19(15)21(29)24-18-10-28(14-11-30-12-14)27-20(18)16-6-2-3-7-22-16/h2-10,14H,11-12H2,1H3,(H,24,29)(H,25,26). The van der Waals surface area contributed by atoms with Crippen LogP contribution in [0.5, 0.6) is 0 Å². The second-order valence-electron chi connectivity index (χ2n) is 7.07. The van der Waals surface area contributed by atoms with Gasteiger partial charge in [0.2, 0.25) is 0 Å². The maximum absolute atomic E-state index is 13.2. The van der Waals surface area contributed by atoms with Gasteiger partial charge in [-0.1, -0.05) is 6.07 Å². The number of aromatic amines is 1. The van der Waals surface area contributed by atoms with Crippen molar-refractivity contribution in [1.29, 1.82) is 0 Å². The van der Waals surface area contributed by atoms with Crippen LogP contribution in [0.15, 0.2) is 55.0 Å². The summed E-state index contributed by atoms with van der Waals surface area (Å²) < 4.78 is 7.10. The van der Waals surface area contributed by atoms with Gasteiger partial charge in [0.05, 0.1) is 36.3 Å². The molecule has 9 nitrogen and oxygen atoms in total. The smallest absolute Gasteiger partial charge is 0.275 e. The second kappa shape index (κ2) is 7.53. The van der Waals surface area contributed by atoms with Gasteiger partial charge < -0.3 is 10.1 Å². The first-order valence-corrected chi connectivity index (χ1v) is 9.56. The Balaban J connectivity index is 1.50. The lowest BCUT2D eigenvalue weighted by Gasteiger charge is -2.25. The Morgan fingerprint density at radius 1 is 1.17 bits per heavy atom. The van der Waals surface area contributed by atoms with Crippen LogP contribution < -0.4 is 5.32 Å².